The van der Waals surface area contributed by atoms with Gasteiger partial charge >= 0.3 is 0 Å². The number of nitrogens with two attached hydrogens (primary N) is 2. The SMILES string of the molecule is CC(CC(C)(C)/C=C/[C@@H](O)[C@@H](N)CO)ON. The van der Waals surface area contributed by atoms with Gasteiger partial charge in [-0.05, 0) is 18.8 Å². The van der Waals surface area contributed by atoms with Gasteiger partial charge in [0.25, 0.3) is 0 Å². The molecule has 16 heavy (non-hydrogen) atoms. The number of hydrogen-bond acceptors (Lipinski definition) is 5. The number of aliphatic hydroxyl groups excluding tert-OH is 2. The van der Waals surface area contributed by atoms with E-state index in [1.54, 1.807) is 6.08 Å². The quantitative estimate of drug-likeness (QED) is 0.363. The van der Waals surface area contributed by atoms with Gasteiger partial charge in [0.05, 0.1) is 24.9 Å². The lowest BCUT2D eigenvalue weighted by Crippen LogP contribution is -2.36. The van der Waals surface area contributed by atoms with Gasteiger partial charge in [-0.2, -0.15) is 0 Å². The largest absolute Gasteiger partial charge is 0.395 e. The zero-order chi connectivity index (χ0) is 12.8. The molecule has 96 valence electrons. The molecule has 0 fully saturated rings. The number of rotatable bonds is 7. The van der Waals surface area contributed by atoms with E-state index in [-0.39, 0.29) is 18.1 Å². The van der Waals surface area contributed by atoms with Crippen molar-refractivity contribution in [1.82, 2.24) is 0 Å². The Bertz CT molecular complexity index is 219. The summed E-state index contributed by atoms with van der Waals surface area (Å²) in [6.07, 6.45) is 3.31. The highest BCUT2D eigenvalue weighted by Gasteiger charge is 2.19. The highest BCUT2D eigenvalue weighted by atomic mass is 16.6. The lowest BCUT2D eigenvalue weighted by atomic mass is 9.86. The second-order valence-corrected chi connectivity index (χ2v) is 4.84. The predicted octanol–water partition coefficient (Wildman–Crippen LogP) is -0.0818. The molecule has 0 saturated carbocycles. The van der Waals surface area contributed by atoms with E-state index in [9.17, 15) is 5.11 Å². The Morgan fingerprint density at radius 2 is 2.00 bits per heavy atom. The maximum absolute atomic E-state index is 9.54. The van der Waals surface area contributed by atoms with Gasteiger partial charge in [-0.1, -0.05) is 26.0 Å². The van der Waals surface area contributed by atoms with Crippen molar-refractivity contribution in [2.45, 2.75) is 45.4 Å². The smallest absolute Gasteiger partial charge is 0.0894 e. The Morgan fingerprint density at radius 1 is 1.44 bits per heavy atom. The average molecular weight is 232 g/mol. The summed E-state index contributed by atoms with van der Waals surface area (Å²) in [7, 11) is 0. The van der Waals surface area contributed by atoms with E-state index in [1.165, 1.54) is 0 Å². The predicted molar refractivity (Wildman–Crippen MR) is 63.3 cm³/mol. The van der Waals surface area contributed by atoms with Gasteiger partial charge in [-0.15, -0.1) is 0 Å². The van der Waals surface area contributed by atoms with E-state index < -0.39 is 12.1 Å². The molecule has 0 aliphatic heterocycles. The summed E-state index contributed by atoms with van der Waals surface area (Å²) in [5.41, 5.74) is 5.33. The van der Waals surface area contributed by atoms with Crippen molar-refractivity contribution in [2.75, 3.05) is 6.61 Å². The summed E-state index contributed by atoms with van der Waals surface area (Å²) in [6.45, 7) is 5.66. The van der Waals surface area contributed by atoms with Crippen LogP contribution in [-0.4, -0.2) is 35.1 Å². The first kappa shape index (κ1) is 15.5. The van der Waals surface area contributed by atoms with Gasteiger partial charge < -0.3 is 20.8 Å². The van der Waals surface area contributed by atoms with Crippen LogP contribution < -0.4 is 11.6 Å². The number of hydrogen-bond donors (Lipinski definition) is 4. The first-order chi connectivity index (χ1) is 7.32. The van der Waals surface area contributed by atoms with Crippen LogP contribution >= 0.6 is 0 Å². The topological polar surface area (TPSA) is 102 Å². The van der Waals surface area contributed by atoms with Gasteiger partial charge in [-0.25, -0.2) is 5.90 Å². The molecule has 0 bridgehead atoms. The maximum Gasteiger partial charge on any atom is 0.0894 e. The Morgan fingerprint density at radius 3 is 2.44 bits per heavy atom. The summed E-state index contributed by atoms with van der Waals surface area (Å²) in [5.74, 6) is 5.08. The summed E-state index contributed by atoms with van der Waals surface area (Å²) in [4.78, 5) is 4.70. The summed E-state index contributed by atoms with van der Waals surface area (Å²) < 4.78 is 0. The lowest BCUT2D eigenvalue weighted by Gasteiger charge is -2.24. The van der Waals surface area contributed by atoms with Crippen LogP contribution in [0.4, 0.5) is 0 Å². The van der Waals surface area contributed by atoms with E-state index in [1.807, 2.05) is 26.8 Å². The Labute approximate surface area is 97.0 Å². The molecule has 0 rings (SSSR count). The van der Waals surface area contributed by atoms with E-state index in [2.05, 4.69) is 0 Å². The molecule has 0 spiro atoms. The van der Waals surface area contributed by atoms with Gasteiger partial charge in [0.15, 0.2) is 0 Å². The van der Waals surface area contributed by atoms with Crippen LogP contribution in [-0.2, 0) is 4.84 Å². The highest BCUT2D eigenvalue weighted by molar-refractivity contribution is 5.01. The average Bonchev–Trinajstić information content (AvgIpc) is 2.24. The minimum atomic E-state index is -0.835. The van der Waals surface area contributed by atoms with E-state index in [0.29, 0.717) is 0 Å². The minimum Gasteiger partial charge on any atom is -0.395 e. The van der Waals surface area contributed by atoms with Crippen LogP contribution in [0.1, 0.15) is 27.2 Å². The van der Waals surface area contributed by atoms with E-state index in [0.717, 1.165) is 6.42 Å². The summed E-state index contributed by atoms with van der Waals surface area (Å²) in [5, 5.41) is 18.3. The molecular formula is C11H24N2O3. The molecular weight excluding hydrogens is 208 g/mol. The zero-order valence-corrected chi connectivity index (χ0v) is 10.3. The number of aliphatic hydroxyl groups is 2. The van der Waals surface area contributed by atoms with Crippen molar-refractivity contribution in [3.8, 4) is 0 Å². The second kappa shape index (κ2) is 6.98. The maximum atomic E-state index is 9.54. The molecule has 6 N–H and O–H groups in total. The van der Waals surface area contributed by atoms with Crippen LogP contribution in [0.15, 0.2) is 12.2 Å². The van der Waals surface area contributed by atoms with Crippen molar-refractivity contribution >= 4 is 0 Å². The van der Waals surface area contributed by atoms with Gasteiger partial charge in [0, 0.05) is 0 Å². The minimum absolute atomic E-state index is 0.0525. The molecule has 5 nitrogen and oxygen atoms in total. The highest BCUT2D eigenvalue weighted by Crippen LogP contribution is 2.25. The van der Waals surface area contributed by atoms with E-state index >= 15 is 0 Å². The molecule has 0 aliphatic carbocycles. The van der Waals surface area contributed by atoms with Crippen molar-refractivity contribution < 1.29 is 15.1 Å². The fourth-order valence-electron chi connectivity index (χ4n) is 1.47. The first-order valence-corrected chi connectivity index (χ1v) is 5.42. The van der Waals surface area contributed by atoms with Crippen molar-refractivity contribution in [3.63, 3.8) is 0 Å². The first-order valence-electron chi connectivity index (χ1n) is 5.42. The van der Waals surface area contributed by atoms with Crippen LogP contribution in [0, 0.1) is 5.41 Å². The third kappa shape index (κ3) is 6.19. The van der Waals surface area contributed by atoms with E-state index in [4.69, 9.17) is 21.6 Å². The number of allylic oxidation sites excluding steroid dienone is 1. The van der Waals surface area contributed by atoms with Crippen LogP contribution in [0.25, 0.3) is 0 Å². The third-order valence-electron chi connectivity index (χ3n) is 2.44. The van der Waals surface area contributed by atoms with Crippen molar-refractivity contribution in [3.05, 3.63) is 12.2 Å². The summed E-state index contributed by atoms with van der Waals surface area (Å²) >= 11 is 0. The van der Waals surface area contributed by atoms with Gasteiger partial charge in [0.1, 0.15) is 0 Å². The molecule has 0 saturated heterocycles. The molecule has 0 aromatic heterocycles. The van der Waals surface area contributed by atoms with Crippen LogP contribution in [0.5, 0.6) is 0 Å². The molecule has 0 aromatic carbocycles. The zero-order valence-electron chi connectivity index (χ0n) is 10.3. The van der Waals surface area contributed by atoms with Crippen molar-refractivity contribution in [1.29, 1.82) is 0 Å². The molecule has 3 atom stereocenters. The normalized spacial score (nSPS) is 18.7. The van der Waals surface area contributed by atoms with Gasteiger partial charge in [0.2, 0.25) is 0 Å². The monoisotopic (exact) mass is 232 g/mol. The molecule has 0 radical (unpaired) electrons. The Balaban J connectivity index is 4.28. The molecule has 1 unspecified atom stereocenters. The van der Waals surface area contributed by atoms with Crippen molar-refractivity contribution in [2.24, 2.45) is 17.0 Å². The second-order valence-electron chi connectivity index (χ2n) is 4.84. The Hall–Kier alpha value is -0.460. The third-order valence-corrected chi connectivity index (χ3v) is 2.44. The Kier molecular flexibility index (Phi) is 6.78. The molecule has 0 aliphatic rings. The van der Waals surface area contributed by atoms with Crippen LogP contribution in [0.2, 0.25) is 0 Å². The molecule has 5 heteroatoms. The van der Waals surface area contributed by atoms with Crippen LogP contribution in [0.3, 0.4) is 0 Å². The lowest BCUT2D eigenvalue weighted by molar-refractivity contribution is 0.0424. The molecule has 0 heterocycles. The summed E-state index contributed by atoms with van der Waals surface area (Å²) in [6, 6.07) is -0.643. The standard InChI is InChI=1S/C11H24N2O3/c1-8(16-13)6-11(2,3)5-4-10(15)9(12)7-14/h4-5,8-10,14-15H,6-7,12-13H2,1-3H3/b5-4+/t8?,9-,10+/m0/s1. The van der Waals surface area contributed by atoms with Gasteiger partial charge in [-0.3, -0.25) is 0 Å². The fourth-order valence-corrected chi connectivity index (χ4v) is 1.47. The molecule has 0 aromatic rings. The fraction of sp³-hybridized carbons (Fsp3) is 0.818. The molecule has 0 amide bonds.